The van der Waals surface area contributed by atoms with Crippen molar-refractivity contribution in [3.05, 3.63) is 45.2 Å². The molecule has 0 spiro atoms. The van der Waals surface area contributed by atoms with Crippen molar-refractivity contribution in [3.63, 3.8) is 0 Å². The zero-order valence-electron chi connectivity index (χ0n) is 20.0. The number of thiophene rings is 1. The average Bonchev–Trinajstić information content (AvgIpc) is 3.46. The van der Waals surface area contributed by atoms with Gasteiger partial charge in [-0.15, -0.1) is 11.8 Å². The molecule has 1 aliphatic carbocycles. The topological polar surface area (TPSA) is 93.1 Å². The van der Waals surface area contributed by atoms with Gasteiger partial charge in [-0.3, -0.25) is 9.59 Å². The quantitative estimate of drug-likeness (QED) is 0.206. The first kappa shape index (κ1) is 29.4. The summed E-state index contributed by atoms with van der Waals surface area (Å²) in [5, 5.41) is 21.4. The maximum absolute atomic E-state index is 12.0. The number of methoxy groups -OCH3 is 1. The molecule has 0 amide bonds. The molecule has 1 aliphatic rings. The van der Waals surface area contributed by atoms with Crippen LogP contribution in [0.4, 0.5) is 0 Å². The summed E-state index contributed by atoms with van der Waals surface area (Å²) in [4.78, 5) is 24.4. The molecule has 1 aromatic heterocycles. The van der Waals surface area contributed by atoms with Crippen LogP contribution in [-0.2, 0) is 25.5 Å². The fraction of sp³-hybridized carbons (Fsp3) is 0.600. The Morgan fingerprint density at radius 2 is 2.03 bits per heavy atom. The maximum Gasteiger partial charge on any atom is 0.310 e. The summed E-state index contributed by atoms with van der Waals surface area (Å²) in [5.41, 5.74) is 1.14. The summed E-state index contributed by atoms with van der Waals surface area (Å²) in [7, 11) is 2.41. The first-order chi connectivity index (χ1) is 16.0. The van der Waals surface area contributed by atoms with Gasteiger partial charge >= 0.3 is 11.9 Å². The van der Waals surface area contributed by atoms with Gasteiger partial charge in [-0.25, -0.2) is 0 Å². The molecular formula is C25H38O6S2. The summed E-state index contributed by atoms with van der Waals surface area (Å²) in [5.74, 6) is 1.53. The van der Waals surface area contributed by atoms with E-state index in [1.54, 1.807) is 23.1 Å². The molecule has 0 saturated carbocycles. The van der Waals surface area contributed by atoms with Crippen molar-refractivity contribution in [1.29, 1.82) is 0 Å². The lowest BCUT2D eigenvalue weighted by atomic mass is 10.1. The minimum Gasteiger partial charge on any atom is -0.469 e. The van der Waals surface area contributed by atoms with Gasteiger partial charge < -0.3 is 19.7 Å². The van der Waals surface area contributed by atoms with Crippen molar-refractivity contribution >= 4 is 35.0 Å². The predicted octanol–water partition coefficient (Wildman–Crippen LogP) is 5.25. The summed E-state index contributed by atoms with van der Waals surface area (Å²) < 4.78 is 10.3. The third kappa shape index (κ3) is 11.9. The number of hydrogen-bond acceptors (Lipinski definition) is 8. The van der Waals surface area contributed by atoms with Crippen LogP contribution in [0.25, 0.3) is 0 Å². The first-order valence-corrected chi connectivity index (χ1v) is 13.4. The van der Waals surface area contributed by atoms with Crippen molar-refractivity contribution in [2.45, 2.75) is 70.8 Å². The second kappa shape index (κ2) is 17.8. The number of hydrogen-bond donors (Lipinski definition) is 2. The molecule has 33 heavy (non-hydrogen) atoms. The first-order valence-electron chi connectivity index (χ1n) is 11.5. The van der Waals surface area contributed by atoms with Crippen molar-refractivity contribution in [2.75, 3.05) is 20.0 Å². The summed E-state index contributed by atoms with van der Waals surface area (Å²) in [6, 6.07) is 2.03. The van der Waals surface area contributed by atoms with Crippen LogP contribution in [0.3, 0.4) is 0 Å². The Balaban J connectivity index is 0.00000265. The van der Waals surface area contributed by atoms with E-state index in [2.05, 4.69) is 16.2 Å². The van der Waals surface area contributed by atoms with Crippen LogP contribution in [0, 0.1) is 5.92 Å². The zero-order chi connectivity index (χ0) is 24.5. The molecule has 1 aromatic rings. The number of ether oxygens (including phenoxy) is 2. The highest BCUT2D eigenvalue weighted by Gasteiger charge is 2.27. The number of aliphatic hydroxyl groups is 2. The molecule has 0 bridgehead atoms. The van der Waals surface area contributed by atoms with Crippen LogP contribution in [0.2, 0.25) is 0 Å². The predicted molar refractivity (Wildman–Crippen MR) is 135 cm³/mol. The normalized spacial score (nSPS) is 16.5. The third-order valence-corrected chi connectivity index (χ3v) is 7.15. The highest BCUT2D eigenvalue weighted by Crippen LogP contribution is 2.41. The van der Waals surface area contributed by atoms with Gasteiger partial charge in [0, 0.05) is 43.6 Å². The Hall–Kier alpha value is -1.61. The molecule has 2 rings (SSSR count). The molecule has 0 radical (unpaired) electrons. The SMILES string of the molecule is CCCC(=O)OC1=C(SCCCCCC(=O)OC)C(/C=C/C(O)Cc2ccsc2)CC1.CO. The van der Waals surface area contributed by atoms with Crippen LogP contribution >= 0.6 is 23.1 Å². The van der Waals surface area contributed by atoms with Crippen molar-refractivity contribution in [2.24, 2.45) is 5.92 Å². The number of thioether (sulfide) groups is 1. The van der Waals surface area contributed by atoms with E-state index in [0.717, 1.165) is 67.6 Å². The number of carbonyl (C=O) groups excluding carboxylic acids is 2. The Morgan fingerprint density at radius 3 is 2.70 bits per heavy atom. The second-order valence-corrected chi connectivity index (χ2v) is 9.60. The summed E-state index contributed by atoms with van der Waals surface area (Å²) >= 11 is 3.37. The molecule has 2 atom stereocenters. The number of allylic oxidation sites excluding steroid dienone is 3. The summed E-state index contributed by atoms with van der Waals surface area (Å²) in [6.07, 6.45) is 10.1. The van der Waals surface area contributed by atoms with Crippen LogP contribution in [0.15, 0.2) is 39.6 Å². The molecule has 0 fully saturated rings. The van der Waals surface area contributed by atoms with Crippen molar-refractivity contribution < 1.29 is 29.3 Å². The lowest BCUT2D eigenvalue weighted by Gasteiger charge is -2.13. The lowest BCUT2D eigenvalue weighted by molar-refractivity contribution is -0.141. The lowest BCUT2D eigenvalue weighted by Crippen LogP contribution is -2.07. The van der Waals surface area contributed by atoms with Gasteiger partial charge in [-0.05, 0) is 53.8 Å². The van der Waals surface area contributed by atoms with Gasteiger partial charge in [-0.2, -0.15) is 11.3 Å². The number of carbonyl (C=O) groups is 2. The number of unbranched alkanes of at least 4 members (excludes halogenated alkanes) is 2. The van der Waals surface area contributed by atoms with Crippen LogP contribution in [0.5, 0.6) is 0 Å². The molecule has 0 aromatic carbocycles. The van der Waals surface area contributed by atoms with E-state index >= 15 is 0 Å². The number of aliphatic hydroxyl groups excluding tert-OH is 2. The van der Waals surface area contributed by atoms with Gasteiger partial charge in [-0.1, -0.05) is 25.5 Å². The average molecular weight is 499 g/mol. The van der Waals surface area contributed by atoms with Gasteiger partial charge in [0.2, 0.25) is 0 Å². The van der Waals surface area contributed by atoms with Gasteiger partial charge in [0.25, 0.3) is 0 Å². The smallest absolute Gasteiger partial charge is 0.310 e. The maximum atomic E-state index is 12.0. The van der Waals surface area contributed by atoms with E-state index in [9.17, 15) is 14.7 Å². The van der Waals surface area contributed by atoms with Gasteiger partial charge in [0.1, 0.15) is 5.76 Å². The van der Waals surface area contributed by atoms with Crippen molar-refractivity contribution in [1.82, 2.24) is 0 Å². The fourth-order valence-electron chi connectivity index (χ4n) is 3.43. The fourth-order valence-corrected chi connectivity index (χ4v) is 5.39. The van der Waals surface area contributed by atoms with Crippen LogP contribution < -0.4 is 0 Å². The van der Waals surface area contributed by atoms with Crippen molar-refractivity contribution in [3.8, 4) is 0 Å². The summed E-state index contributed by atoms with van der Waals surface area (Å²) in [6.45, 7) is 1.97. The Bertz CT molecular complexity index is 742. The monoisotopic (exact) mass is 498 g/mol. The van der Waals surface area contributed by atoms with Gasteiger partial charge in [0.05, 0.1) is 13.2 Å². The largest absolute Gasteiger partial charge is 0.469 e. The Kier molecular flexibility index (Phi) is 15.9. The van der Waals surface area contributed by atoms with E-state index in [1.165, 1.54) is 7.11 Å². The third-order valence-electron chi connectivity index (χ3n) is 5.09. The van der Waals surface area contributed by atoms with Gasteiger partial charge in [0.15, 0.2) is 0 Å². The van der Waals surface area contributed by atoms with E-state index in [4.69, 9.17) is 9.84 Å². The zero-order valence-corrected chi connectivity index (χ0v) is 21.6. The minimum atomic E-state index is -0.522. The molecule has 0 aliphatic heterocycles. The molecule has 2 N–H and O–H groups in total. The van der Waals surface area contributed by atoms with E-state index in [0.29, 0.717) is 19.3 Å². The Labute approximate surface area is 206 Å². The molecule has 8 heteroatoms. The molecule has 186 valence electrons. The number of esters is 2. The highest BCUT2D eigenvalue weighted by atomic mass is 32.2. The van der Waals surface area contributed by atoms with Crippen LogP contribution in [-0.4, -0.2) is 48.2 Å². The molecule has 1 heterocycles. The Morgan fingerprint density at radius 1 is 1.24 bits per heavy atom. The molecular weight excluding hydrogens is 460 g/mol. The number of rotatable bonds is 14. The van der Waals surface area contributed by atoms with E-state index in [1.807, 2.05) is 24.4 Å². The standard InChI is InChI=1S/C24H34O5S2.CH4O/c1-3-7-23(27)29-21-12-10-19(9-11-20(25)16-18-13-15-30-17-18)24(21)31-14-6-4-5-8-22(26)28-2;1-2/h9,11,13,15,17,19-20,25H,3-8,10,12,14,16H2,1-2H3;2H,1H3/b11-9+;. The molecule has 0 saturated heterocycles. The van der Waals surface area contributed by atoms with E-state index < -0.39 is 6.10 Å². The van der Waals surface area contributed by atoms with Crippen LogP contribution in [0.1, 0.15) is 63.9 Å². The molecule has 2 unspecified atom stereocenters. The second-order valence-electron chi connectivity index (χ2n) is 7.68. The highest BCUT2D eigenvalue weighted by molar-refractivity contribution is 8.03. The van der Waals surface area contributed by atoms with E-state index in [-0.39, 0.29) is 17.9 Å². The molecule has 6 nitrogen and oxygen atoms in total. The minimum absolute atomic E-state index is 0.164.